The summed E-state index contributed by atoms with van der Waals surface area (Å²) in [6.45, 7) is 3.31. The SMILES string of the molecule is CC/C=C\C/C=C\C/C=C\C/C=C\C/C=C\CCCCOCC(COC1OC(COC2OC(CO)C(O)C(O)C2O)C(O)C(O)C1O)OC(=O)CCCCCCCCCC/C=C\C/C=C\C/C=C\C/C=C\CC. The molecule has 14 nitrogen and oxygen atoms in total. The second-order valence-electron chi connectivity index (χ2n) is 18.6. The molecular formula is C59H96O14. The summed E-state index contributed by atoms with van der Waals surface area (Å²) in [5, 5.41) is 72.3. The number of unbranched alkanes of at least 4 members (excludes halogenated alkanes) is 10. The van der Waals surface area contributed by atoms with E-state index in [9.17, 15) is 40.5 Å². The number of hydrogen-bond acceptors (Lipinski definition) is 14. The van der Waals surface area contributed by atoms with Gasteiger partial charge in [0.15, 0.2) is 12.6 Å². The molecule has 2 aliphatic rings. The molecule has 14 heteroatoms. The van der Waals surface area contributed by atoms with Crippen LogP contribution in [0.15, 0.2) is 109 Å². The minimum atomic E-state index is -1.72. The van der Waals surface area contributed by atoms with Gasteiger partial charge in [0.05, 0.1) is 26.4 Å². The number of allylic oxidation sites excluding steroid dienone is 18. The Bertz CT molecular complexity index is 1620. The van der Waals surface area contributed by atoms with Gasteiger partial charge in [-0.1, -0.05) is 162 Å². The smallest absolute Gasteiger partial charge is 0.306 e. The zero-order chi connectivity index (χ0) is 53.0. The average molecular weight is 1030 g/mol. The third-order valence-corrected chi connectivity index (χ3v) is 12.3. The van der Waals surface area contributed by atoms with E-state index in [0.717, 1.165) is 103 Å². The Balaban J connectivity index is 1.77. The summed E-state index contributed by atoms with van der Waals surface area (Å²) < 4.78 is 34.3. The van der Waals surface area contributed by atoms with Crippen LogP contribution in [0.2, 0.25) is 0 Å². The first-order valence-corrected chi connectivity index (χ1v) is 27.5. The van der Waals surface area contributed by atoms with Gasteiger partial charge in [0, 0.05) is 13.0 Å². The van der Waals surface area contributed by atoms with Crippen LogP contribution in [-0.4, -0.2) is 142 Å². The summed E-state index contributed by atoms with van der Waals surface area (Å²) in [6.07, 6.45) is 44.3. The van der Waals surface area contributed by atoms with Crippen LogP contribution in [0.25, 0.3) is 0 Å². The van der Waals surface area contributed by atoms with Crippen LogP contribution in [0.5, 0.6) is 0 Å². The van der Waals surface area contributed by atoms with Gasteiger partial charge in [0.2, 0.25) is 0 Å². The Kier molecular flexibility index (Phi) is 40.4. The minimum absolute atomic E-state index is 0.0212. The Morgan fingerprint density at radius 2 is 0.849 bits per heavy atom. The molecule has 2 saturated heterocycles. The van der Waals surface area contributed by atoms with Gasteiger partial charge < -0.3 is 64.2 Å². The van der Waals surface area contributed by atoms with Crippen LogP contribution in [-0.2, 0) is 33.2 Å². The number of rotatable bonds is 42. The van der Waals surface area contributed by atoms with E-state index >= 15 is 0 Å². The van der Waals surface area contributed by atoms with Crippen LogP contribution in [0, 0.1) is 0 Å². The van der Waals surface area contributed by atoms with E-state index in [0.29, 0.717) is 13.0 Å². The standard InChI is InChI=1S/C59H96O14/c1-3-5-7-9-11-13-15-17-19-21-23-24-25-26-28-30-32-34-36-38-40-42-51(61)71-48(45-68-43-41-39-37-35-33-31-29-27-22-20-18-16-14-12-10-8-6-4-2)46-69-58-57(67)55(65)53(63)50(73-58)47-70-59-56(66)54(64)52(62)49(44-60)72-59/h5-8,11-14,17-20,23-24,27,29,33,35,48-50,52-60,62-67H,3-4,9-10,15-16,21-22,25-26,28,30-32,34,36-47H2,1-2H3/b7-5-,8-6-,13-11-,14-12-,19-17-,20-18-,24-23-,29-27-,35-33-. The fourth-order valence-corrected chi connectivity index (χ4v) is 7.89. The normalized spacial score (nSPS) is 25.8. The maximum atomic E-state index is 13.1. The zero-order valence-electron chi connectivity index (χ0n) is 44.3. The van der Waals surface area contributed by atoms with Crippen molar-refractivity contribution in [3.63, 3.8) is 0 Å². The minimum Gasteiger partial charge on any atom is -0.457 e. The van der Waals surface area contributed by atoms with Gasteiger partial charge in [-0.3, -0.25) is 4.79 Å². The fraction of sp³-hybridized carbons (Fsp3) is 0.678. The molecule has 416 valence electrons. The van der Waals surface area contributed by atoms with Gasteiger partial charge in [0.1, 0.15) is 54.9 Å². The second kappa shape index (κ2) is 44.9. The Morgan fingerprint density at radius 3 is 1.33 bits per heavy atom. The summed E-state index contributed by atoms with van der Waals surface area (Å²) in [7, 11) is 0. The monoisotopic (exact) mass is 1030 g/mol. The number of carbonyl (C=O) groups excluding carboxylic acids is 1. The van der Waals surface area contributed by atoms with E-state index in [2.05, 4.69) is 123 Å². The van der Waals surface area contributed by atoms with Crippen molar-refractivity contribution in [1.29, 1.82) is 0 Å². The summed E-state index contributed by atoms with van der Waals surface area (Å²) in [5.41, 5.74) is 0. The lowest BCUT2D eigenvalue weighted by molar-refractivity contribution is -0.332. The number of ether oxygens (including phenoxy) is 6. The lowest BCUT2D eigenvalue weighted by atomic mass is 9.98. The van der Waals surface area contributed by atoms with Gasteiger partial charge in [-0.2, -0.15) is 0 Å². The topological polar surface area (TPSA) is 214 Å². The highest BCUT2D eigenvalue weighted by Gasteiger charge is 2.47. The van der Waals surface area contributed by atoms with Crippen molar-refractivity contribution in [2.45, 2.75) is 223 Å². The molecule has 2 rings (SSSR count). The average Bonchev–Trinajstić information content (AvgIpc) is 3.39. The molecule has 0 bridgehead atoms. The Hall–Kier alpha value is -3.35. The number of carbonyl (C=O) groups is 1. The van der Waals surface area contributed by atoms with Gasteiger partial charge in [-0.25, -0.2) is 0 Å². The van der Waals surface area contributed by atoms with Crippen LogP contribution in [0.3, 0.4) is 0 Å². The first-order chi connectivity index (χ1) is 35.6. The van der Waals surface area contributed by atoms with Crippen LogP contribution in [0.1, 0.15) is 155 Å². The largest absolute Gasteiger partial charge is 0.457 e. The van der Waals surface area contributed by atoms with E-state index in [4.69, 9.17) is 28.4 Å². The molecule has 2 fully saturated rings. The van der Waals surface area contributed by atoms with Crippen molar-refractivity contribution in [3.8, 4) is 0 Å². The lowest BCUT2D eigenvalue weighted by Gasteiger charge is -2.42. The van der Waals surface area contributed by atoms with Crippen LogP contribution >= 0.6 is 0 Å². The first kappa shape index (κ1) is 65.8. The molecule has 0 amide bonds. The Morgan fingerprint density at radius 1 is 0.452 bits per heavy atom. The van der Waals surface area contributed by atoms with Gasteiger partial charge >= 0.3 is 5.97 Å². The van der Waals surface area contributed by atoms with E-state index in [1.165, 1.54) is 25.7 Å². The van der Waals surface area contributed by atoms with E-state index in [1.807, 2.05) is 0 Å². The number of aliphatic hydroxyl groups is 7. The molecule has 11 atom stereocenters. The predicted molar refractivity (Wildman–Crippen MR) is 288 cm³/mol. The van der Waals surface area contributed by atoms with Gasteiger partial charge in [-0.05, 0) is 96.3 Å². The third kappa shape index (κ3) is 32.0. The molecule has 73 heavy (non-hydrogen) atoms. The maximum absolute atomic E-state index is 13.1. The summed E-state index contributed by atoms with van der Waals surface area (Å²) >= 11 is 0. The molecule has 7 N–H and O–H groups in total. The molecule has 0 aromatic carbocycles. The van der Waals surface area contributed by atoms with Crippen molar-refractivity contribution in [2.75, 3.05) is 33.0 Å². The molecule has 0 spiro atoms. The van der Waals surface area contributed by atoms with Gasteiger partial charge in [-0.15, -0.1) is 0 Å². The molecule has 11 unspecified atom stereocenters. The predicted octanol–water partition coefficient (Wildman–Crippen LogP) is 9.18. The Labute approximate surface area is 438 Å². The van der Waals surface area contributed by atoms with Crippen molar-refractivity contribution in [2.24, 2.45) is 0 Å². The van der Waals surface area contributed by atoms with E-state index in [-0.39, 0.29) is 19.6 Å². The van der Waals surface area contributed by atoms with Crippen molar-refractivity contribution in [3.05, 3.63) is 109 Å². The maximum Gasteiger partial charge on any atom is 0.306 e. The summed E-state index contributed by atoms with van der Waals surface area (Å²) in [6, 6.07) is 0. The van der Waals surface area contributed by atoms with E-state index < -0.39 is 86.7 Å². The van der Waals surface area contributed by atoms with Crippen molar-refractivity contribution >= 4 is 5.97 Å². The molecule has 2 aliphatic heterocycles. The molecule has 0 aliphatic carbocycles. The molecule has 0 aromatic rings. The zero-order valence-corrected chi connectivity index (χ0v) is 44.3. The highest BCUT2D eigenvalue weighted by Crippen LogP contribution is 2.26. The molecular weight excluding hydrogens is 933 g/mol. The molecule has 0 saturated carbocycles. The van der Waals surface area contributed by atoms with Crippen LogP contribution in [0.4, 0.5) is 0 Å². The molecule has 2 heterocycles. The molecule has 0 aromatic heterocycles. The third-order valence-electron chi connectivity index (χ3n) is 12.3. The number of esters is 1. The summed E-state index contributed by atoms with van der Waals surface area (Å²) in [4.78, 5) is 13.1. The van der Waals surface area contributed by atoms with Crippen molar-refractivity contribution in [1.82, 2.24) is 0 Å². The lowest BCUT2D eigenvalue weighted by Crippen LogP contribution is -2.61. The van der Waals surface area contributed by atoms with E-state index in [1.54, 1.807) is 0 Å². The highest BCUT2D eigenvalue weighted by atomic mass is 16.7. The number of aliphatic hydroxyl groups excluding tert-OH is 7. The fourth-order valence-electron chi connectivity index (χ4n) is 7.89. The van der Waals surface area contributed by atoms with Crippen LogP contribution < -0.4 is 0 Å². The first-order valence-electron chi connectivity index (χ1n) is 27.5. The molecule has 0 radical (unpaired) electrons. The summed E-state index contributed by atoms with van der Waals surface area (Å²) in [5.74, 6) is -0.405. The van der Waals surface area contributed by atoms with Crippen molar-refractivity contribution < 1.29 is 69.0 Å². The highest BCUT2D eigenvalue weighted by molar-refractivity contribution is 5.69. The number of hydrogen-bond donors (Lipinski definition) is 7. The quantitative estimate of drug-likeness (QED) is 0.0173. The second-order valence-corrected chi connectivity index (χ2v) is 18.6. The van der Waals surface area contributed by atoms with Gasteiger partial charge in [0.25, 0.3) is 0 Å².